The minimum atomic E-state index is -0.638. The first-order valence-electron chi connectivity index (χ1n) is 11.2. The van der Waals surface area contributed by atoms with Gasteiger partial charge in [-0.15, -0.1) is 0 Å². The molecule has 0 amide bonds. The van der Waals surface area contributed by atoms with E-state index in [9.17, 15) is 20.4 Å². The normalized spacial score (nSPS) is 16.7. The second-order valence-corrected chi connectivity index (χ2v) is 8.46. The number of hydrogen-bond acceptors (Lipinski definition) is 7. The lowest BCUT2D eigenvalue weighted by atomic mass is 9.96. The standard InChI is InChI=1S/C29H24O7/c1-34-25-7-5-19(6-8-25)28-29(20-13-23(32)16-24(33)14-20)35-26-9-4-17(12-27(26)36-28)2-3-18-10-21(30)15-22(31)11-18/h2-16,28-33H,1H3/b3-2+. The monoisotopic (exact) mass is 484 g/mol. The van der Waals surface area contributed by atoms with Crippen molar-refractivity contribution in [2.75, 3.05) is 7.11 Å². The lowest BCUT2D eigenvalue weighted by Crippen LogP contribution is -2.26. The molecule has 1 heterocycles. The molecule has 7 nitrogen and oxygen atoms in total. The fraction of sp³-hybridized carbons (Fsp3) is 0.103. The molecule has 1 aliphatic rings. The molecule has 4 aromatic rings. The Bertz CT molecular complexity index is 1390. The van der Waals surface area contributed by atoms with Crippen LogP contribution in [0.3, 0.4) is 0 Å². The van der Waals surface area contributed by atoms with Crippen molar-refractivity contribution in [3.05, 3.63) is 101 Å². The SMILES string of the molecule is COc1ccc(C2Oc3cc(/C=C/c4cc(O)cc(O)c4)ccc3OC2c2cc(O)cc(O)c2)cc1. The van der Waals surface area contributed by atoms with Gasteiger partial charge < -0.3 is 34.6 Å². The number of ether oxygens (including phenoxy) is 3. The quantitative estimate of drug-likeness (QED) is 0.260. The van der Waals surface area contributed by atoms with E-state index >= 15 is 0 Å². The molecule has 0 bridgehead atoms. The van der Waals surface area contributed by atoms with Crippen LogP contribution in [0.1, 0.15) is 34.5 Å². The zero-order chi connectivity index (χ0) is 25.2. The Morgan fingerprint density at radius 1 is 0.583 bits per heavy atom. The molecule has 36 heavy (non-hydrogen) atoms. The molecule has 0 saturated carbocycles. The zero-order valence-electron chi connectivity index (χ0n) is 19.3. The van der Waals surface area contributed by atoms with Crippen molar-refractivity contribution >= 4 is 12.2 Å². The van der Waals surface area contributed by atoms with Gasteiger partial charge in [0.2, 0.25) is 0 Å². The summed E-state index contributed by atoms with van der Waals surface area (Å²) < 4.78 is 18.0. The van der Waals surface area contributed by atoms with Crippen LogP contribution in [0.5, 0.6) is 40.2 Å². The van der Waals surface area contributed by atoms with Crippen molar-refractivity contribution in [2.24, 2.45) is 0 Å². The predicted molar refractivity (Wildman–Crippen MR) is 135 cm³/mol. The highest BCUT2D eigenvalue weighted by molar-refractivity contribution is 5.72. The van der Waals surface area contributed by atoms with Gasteiger partial charge in [-0.2, -0.15) is 0 Å². The minimum absolute atomic E-state index is 0.0248. The van der Waals surface area contributed by atoms with Gasteiger partial charge in [0, 0.05) is 17.7 Å². The van der Waals surface area contributed by atoms with Gasteiger partial charge in [-0.1, -0.05) is 30.4 Å². The van der Waals surface area contributed by atoms with E-state index in [0.717, 1.165) is 11.1 Å². The first-order valence-corrected chi connectivity index (χ1v) is 11.2. The van der Waals surface area contributed by atoms with Gasteiger partial charge in [0.1, 0.15) is 28.7 Å². The predicted octanol–water partition coefficient (Wildman–Crippen LogP) is 5.94. The zero-order valence-corrected chi connectivity index (χ0v) is 19.3. The Hall–Kier alpha value is -4.78. The third kappa shape index (κ3) is 4.86. The molecule has 7 heteroatoms. The van der Waals surface area contributed by atoms with Crippen LogP contribution in [0.15, 0.2) is 78.9 Å². The molecule has 0 aromatic heterocycles. The largest absolute Gasteiger partial charge is 0.508 e. The molecular formula is C29H24O7. The van der Waals surface area contributed by atoms with Crippen LogP contribution in [0, 0.1) is 0 Å². The molecule has 0 saturated heterocycles. The Balaban J connectivity index is 1.50. The lowest BCUT2D eigenvalue weighted by Gasteiger charge is -2.35. The van der Waals surface area contributed by atoms with E-state index in [0.29, 0.717) is 28.4 Å². The molecule has 4 N–H and O–H groups in total. The van der Waals surface area contributed by atoms with Crippen LogP contribution >= 0.6 is 0 Å². The summed E-state index contributed by atoms with van der Waals surface area (Å²) in [7, 11) is 1.59. The first kappa shape index (κ1) is 23.0. The number of phenolic OH excluding ortho intramolecular Hbond substituents is 4. The molecule has 0 aliphatic carbocycles. The number of methoxy groups -OCH3 is 1. The van der Waals surface area contributed by atoms with Gasteiger partial charge in [-0.25, -0.2) is 0 Å². The van der Waals surface area contributed by atoms with Crippen molar-refractivity contribution < 1.29 is 34.6 Å². The molecule has 4 aromatic carbocycles. The molecule has 2 unspecified atom stereocenters. The summed E-state index contributed by atoms with van der Waals surface area (Å²) in [6, 6.07) is 21.6. The third-order valence-corrected chi connectivity index (χ3v) is 5.84. The van der Waals surface area contributed by atoms with Gasteiger partial charge in [-0.3, -0.25) is 0 Å². The summed E-state index contributed by atoms with van der Waals surface area (Å²) in [5.74, 6) is 1.54. The molecule has 0 fully saturated rings. The van der Waals surface area contributed by atoms with E-state index in [-0.39, 0.29) is 23.0 Å². The average molecular weight is 485 g/mol. The van der Waals surface area contributed by atoms with E-state index in [4.69, 9.17) is 14.2 Å². The maximum atomic E-state index is 10.1. The lowest BCUT2D eigenvalue weighted by molar-refractivity contribution is 0.0181. The fourth-order valence-electron chi connectivity index (χ4n) is 4.18. The Morgan fingerprint density at radius 2 is 1.14 bits per heavy atom. The summed E-state index contributed by atoms with van der Waals surface area (Å²) in [4.78, 5) is 0. The Labute approximate surface area is 207 Å². The Kier molecular flexibility index (Phi) is 6.04. The maximum Gasteiger partial charge on any atom is 0.165 e. The highest BCUT2D eigenvalue weighted by atomic mass is 16.6. The van der Waals surface area contributed by atoms with Gasteiger partial charge in [0.25, 0.3) is 0 Å². The summed E-state index contributed by atoms with van der Waals surface area (Å²) in [5.41, 5.74) is 2.85. The highest BCUT2D eigenvalue weighted by Gasteiger charge is 2.35. The van der Waals surface area contributed by atoms with Gasteiger partial charge in [-0.05, 0) is 65.2 Å². The van der Waals surface area contributed by atoms with E-state index in [2.05, 4.69) is 0 Å². The van der Waals surface area contributed by atoms with Crippen LogP contribution in [-0.4, -0.2) is 27.5 Å². The average Bonchev–Trinajstić information content (AvgIpc) is 2.85. The van der Waals surface area contributed by atoms with Crippen molar-refractivity contribution in [3.8, 4) is 40.2 Å². The number of hydrogen-bond donors (Lipinski definition) is 4. The van der Waals surface area contributed by atoms with Crippen LogP contribution in [0.25, 0.3) is 12.2 Å². The van der Waals surface area contributed by atoms with Gasteiger partial charge in [0.05, 0.1) is 7.11 Å². The maximum absolute atomic E-state index is 10.1. The van der Waals surface area contributed by atoms with E-state index < -0.39 is 12.2 Å². The molecule has 182 valence electrons. The summed E-state index contributed by atoms with van der Waals surface area (Å²) >= 11 is 0. The highest BCUT2D eigenvalue weighted by Crippen LogP contribution is 2.47. The Morgan fingerprint density at radius 3 is 1.78 bits per heavy atom. The van der Waals surface area contributed by atoms with E-state index in [1.807, 2.05) is 42.5 Å². The van der Waals surface area contributed by atoms with Crippen LogP contribution in [-0.2, 0) is 0 Å². The van der Waals surface area contributed by atoms with Crippen LogP contribution in [0.2, 0.25) is 0 Å². The van der Waals surface area contributed by atoms with E-state index in [1.165, 1.54) is 24.3 Å². The number of aromatic hydroxyl groups is 4. The summed E-state index contributed by atoms with van der Waals surface area (Å²) in [5, 5.41) is 39.5. The molecular weight excluding hydrogens is 460 g/mol. The third-order valence-electron chi connectivity index (χ3n) is 5.84. The van der Waals surface area contributed by atoms with E-state index in [1.54, 1.807) is 31.4 Å². The number of benzene rings is 4. The smallest absolute Gasteiger partial charge is 0.165 e. The van der Waals surface area contributed by atoms with Crippen molar-refractivity contribution in [1.82, 2.24) is 0 Å². The topological polar surface area (TPSA) is 109 Å². The summed E-state index contributed by atoms with van der Waals surface area (Å²) in [6.07, 6.45) is 2.39. The number of phenols is 4. The molecule has 0 radical (unpaired) electrons. The van der Waals surface area contributed by atoms with Gasteiger partial charge in [0.15, 0.2) is 23.7 Å². The minimum Gasteiger partial charge on any atom is -0.508 e. The summed E-state index contributed by atoms with van der Waals surface area (Å²) in [6.45, 7) is 0. The molecule has 2 atom stereocenters. The second-order valence-electron chi connectivity index (χ2n) is 8.46. The second kappa shape index (κ2) is 9.46. The fourth-order valence-corrected chi connectivity index (χ4v) is 4.18. The first-order chi connectivity index (χ1) is 17.4. The molecule has 5 rings (SSSR count). The van der Waals surface area contributed by atoms with Crippen LogP contribution in [0.4, 0.5) is 0 Å². The molecule has 1 aliphatic heterocycles. The van der Waals surface area contributed by atoms with Gasteiger partial charge >= 0.3 is 0 Å². The van der Waals surface area contributed by atoms with Crippen molar-refractivity contribution in [2.45, 2.75) is 12.2 Å². The van der Waals surface area contributed by atoms with Crippen molar-refractivity contribution in [3.63, 3.8) is 0 Å². The van der Waals surface area contributed by atoms with Crippen LogP contribution < -0.4 is 14.2 Å². The number of rotatable bonds is 5. The van der Waals surface area contributed by atoms with Crippen molar-refractivity contribution in [1.29, 1.82) is 0 Å². The molecule has 0 spiro atoms. The number of fused-ring (bicyclic) bond motifs is 1.